The summed E-state index contributed by atoms with van der Waals surface area (Å²) in [6, 6.07) is 9.93. The second kappa shape index (κ2) is 6.71. The van der Waals surface area contributed by atoms with Crippen LogP contribution in [0.5, 0.6) is 11.5 Å². The fourth-order valence-corrected chi connectivity index (χ4v) is 3.05. The number of hydrogen-bond acceptors (Lipinski definition) is 2. The second-order valence-corrected chi connectivity index (χ2v) is 6.26. The topological polar surface area (TPSA) is 18.5 Å². The first-order valence-corrected chi connectivity index (χ1v) is 7.83. The van der Waals surface area contributed by atoms with Gasteiger partial charge in [0, 0.05) is 10.5 Å². The predicted molar refractivity (Wildman–Crippen MR) is 90.9 cm³/mol. The van der Waals surface area contributed by atoms with E-state index < -0.39 is 0 Å². The molecule has 0 aliphatic rings. The Morgan fingerprint density at radius 2 is 1.48 bits per heavy atom. The van der Waals surface area contributed by atoms with Crippen molar-refractivity contribution in [2.45, 2.75) is 19.2 Å². The average Bonchev–Trinajstić information content (AvgIpc) is 2.49. The lowest BCUT2D eigenvalue weighted by Gasteiger charge is -2.17. The Balaban J connectivity index is 2.49. The van der Waals surface area contributed by atoms with Gasteiger partial charge in [-0.15, -0.1) is 11.6 Å². The molecule has 0 spiro atoms. The Hall–Kier alpha value is -1.19. The molecule has 0 aromatic heterocycles. The maximum atomic E-state index is 6.69. The van der Waals surface area contributed by atoms with E-state index in [2.05, 4.69) is 41.9 Å². The van der Waals surface area contributed by atoms with Crippen molar-refractivity contribution in [2.24, 2.45) is 0 Å². The zero-order valence-electron chi connectivity index (χ0n) is 12.5. The molecule has 2 nitrogen and oxygen atoms in total. The zero-order chi connectivity index (χ0) is 15.6. The molecule has 0 N–H and O–H groups in total. The molecule has 0 amide bonds. The first-order chi connectivity index (χ1) is 9.96. The van der Waals surface area contributed by atoms with Gasteiger partial charge in [0.1, 0.15) is 11.5 Å². The lowest BCUT2D eigenvalue weighted by molar-refractivity contribution is 0.393. The summed E-state index contributed by atoms with van der Waals surface area (Å²) < 4.78 is 11.7. The fourth-order valence-electron chi connectivity index (χ4n) is 2.23. The van der Waals surface area contributed by atoms with E-state index >= 15 is 0 Å². The molecule has 21 heavy (non-hydrogen) atoms. The van der Waals surface area contributed by atoms with E-state index in [0.29, 0.717) is 0 Å². The summed E-state index contributed by atoms with van der Waals surface area (Å²) in [5, 5.41) is -0.249. The van der Waals surface area contributed by atoms with E-state index in [-0.39, 0.29) is 5.38 Å². The van der Waals surface area contributed by atoms with Gasteiger partial charge in [-0.25, -0.2) is 0 Å². The number of benzene rings is 2. The molecule has 2 aromatic carbocycles. The van der Waals surface area contributed by atoms with Gasteiger partial charge in [0.2, 0.25) is 0 Å². The summed E-state index contributed by atoms with van der Waals surface area (Å²) in [6.07, 6.45) is 0. The second-order valence-electron chi connectivity index (χ2n) is 4.97. The van der Waals surface area contributed by atoms with Crippen LogP contribution in [-0.4, -0.2) is 14.2 Å². The zero-order valence-corrected chi connectivity index (χ0v) is 14.9. The summed E-state index contributed by atoms with van der Waals surface area (Å²) in [5.41, 5.74) is 4.36. The number of alkyl halides is 1. The largest absolute Gasteiger partial charge is 0.497 e. The summed E-state index contributed by atoms with van der Waals surface area (Å²) >= 11 is 10.2. The predicted octanol–water partition coefficient (Wildman–Crippen LogP) is 5.41. The maximum Gasteiger partial charge on any atom is 0.122 e. The van der Waals surface area contributed by atoms with Crippen LogP contribution in [0.2, 0.25) is 0 Å². The van der Waals surface area contributed by atoms with Gasteiger partial charge >= 0.3 is 0 Å². The molecule has 2 rings (SSSR count). The van der Waals surface area contributed by atoms with Gasteiger partial charge in [0.25, 0.3) is 0 Å². The number of methoxy groups -OCH3 is 2. The third-order valence-electron chi connectivity index (χ3n) is 3.49. The van der Waals surface area contributed by atoms with Crippen LogP contribution in [0.25, 0.3) is 0 Å². The van der Waals surface area contributed by atoms with Gasteiger partial charge in [-0.2, -0.15) is 0 Å². The molecule has 0 radical (unpaired) electrons. The first kappa shape index (κ1) is 16.2. The summed E-state index contributed by atoms with van der Waals surface area (Å²) in [7, 11) is 3.27. The highest BCUT2D eigenvalue weighted by Gasteiger charge is 2.16. The van der Waals surface area contributed by atoms with Crippen molar-refractivity contribution in [1.82, 2.24) is 0 Å². The van der Waals surface area contributed by atoms with Crippen molar-refractivity contribution < 1.29 is 9.47 Å². The van der Waals surface area contributed by atoms with E-state index in [0.717, 1.165) is 38.2 Å². The van der Waals surface area contributed by atoms with Gasteiger partial charge in [-0.3, -0.25) is 0 Å². The Bertz CT molecular complexity index is 633. The van der Waals surface area contributed by atoms with E-state index in [1.807, 2.05) is 18.2 Å². The molecule has 0 bridgehead atoms. The average molecular weight is 370 g/mol. The third kappa shape index (κ3) is 3.53. The van der Waals surface area contributed by atoms with Crippen LogP contribution < -0.4 is 9.47 Å². The van der Waals surface area contributed by atoms with Gasteiger partial charge in [-0.05, 0) is 54.3 Å². The number of ether oxygens (including phenoxy) is 2. The van der Waals surface area contributed by atoms with Crippen molar-refractivity contribution in [3.05, 3.63) is 57.1 Å². The SMILES string of the molecule is COc1cc(OC)cc(C(Cl)c2cc(C)c(Br)cc2C)c1. The van der Waals surface area contributed by atoms with Gasteiger partial charge in [0.15, 0.2) is 0 Å². The monoisotopic (exact) mass is 368 g/mol. The third-order valence-corrected chi connectivity index (χ3v) is 4.83. The molecular weight excluding hydrogens is 352 g/mol. The Kier molecular flexibility index (Phi) is 5.17. The van der Waals surface area contributed by atoms with E-state index in [4.69, 9.17) is 21.1 Å². The van der Waals surface area contributed by atoms with Gasteiger partial charge in [0.05, 0.1) is 19.6 Å². The molecule has 112 valence electrons. The molecule has 0 heterocycles. The minimum atomic E-state index is -0.249. The normalized spacial score (nSPS) is 12.1. The van der Waals surface area contributed by atoms with Crippen LogP contribution in [0, 0.1) is 13.8 Å². The van der Waals surface area contributed by atoms with E-state index in [9.17, 15) is 0 Å². The lowest BCUT2D eigenvalue weighted by Crippen LogP contribution is -1.99. The Morgan fingerprint density at radius 3 is 2.00 bits per heavy atom. The van der Waals surface area contributed by atoms with Gasteiger partial charge in [-0.1, -0.05) is 22.0 Å². The molecule has 2 aromatic rings. The summed E-state index contributed by atoms with van der Waals surface area (Å²) in [6.45, 7) is 4.12. The molecule has 0 aliphatic carbocycles. The number of hydrogen-bond donors (Lipinski definition) is 0. The molecule has 0 aliphatic heterocycles. The first-order valence-electron chi connectivity index (χ1n) is 6.60. The van der Waals surface area contributed by atoms with Crippen LogP contribution >= 0.6 is 27.5 Å². The minimum absolute atomic E-state index is 0.249. The Labute approximate surface area is 139 Å². The van der Waals surface area contributed by atoms with Crippen molar-refractivity contribution in [1.29, 1.82) is 0 Å². The number of rotatable bonds is 4. The van der Waals surface area contributed by atoms with Crippen molar-refractivity contribution >= 4 is 27.5 Å². The molecule has 0 saturated carbocycles. The standard InChI is InChI=1S/C17H18BrClO2/c1-10-6-16(18)11(2)5-15(10)17(19)12-7-13(20-3)9-14(8-12)21-4/h5-9,17H,1-4H3. The number of halogens is 2. The summed E-state index contributed by atoms with van der Waals surface area (Å²) in [5.74, 6) is 1.47. The fraction of sp³-hybridized carbons (Fsp3) is 0.294. The van der Waals surface area contributed by atoms with Crippen molar-refractivity contribution in [3.8, 4) is 11.5 Å². The lowest BCUT2D eigenvalue weighted by atomic mass is 9.98. The quantitative estimate of drug-likeness (QED) is 0.671. The van der Waals surface area contributed by atoms with Crippen LogP contribution in [0.4, 0.5) is 0 Å². The van der Waals surface area contributed by atoms with Crippen molar-refractivity contribution in [3.63, 3.8) is 0 Å². The minimum Gasteiger partial charge on any atom is -0.497 e. The molecule has 0 fully saturated rings. The van der Waals surface area contributed by atoms with Crippen LogP contribution in [-0.2, 0) is 0 Å². The molecular formula is C17H18BrClO2. The maximum absolute atomic E-state index is 6.69. The highest BCUT2D eigenvalue weighted by molar-refractivity contribution is 9.10. The molecule has 0 saturated heterocycles. The summed E-state index contributed by atoms with van der Waals surface area (Å²) in [4.78, 5) is 0. The number of aryl methyl sites for hydroxylation is 2. The van der Waals surface area contributed by atoms with E-state index in [1.165, 1.54) is 0 Å². The van der Waals surface area contributed by atoms with E-state index in [1.54, 1.807) is 14.2 Å². The van der Waals surface area contributed by atoms with Gasteiger partial charge < -0.3 is 9.47 Å². The highest BCUT2D eigenvalue weighted by atomic mass is 79.9. The van der Waals surface area contributed by atoms with Crippen LogP contribution in [0.15, 0.2) is 34.8 Å². The van der Waals surface area contributed by atoms with Crippen molar-refractivity contribution in [2.75, 3.05) is 14.2 Å². The van der Waals surface area contributed by atoms with Crippen LogP contribution in [0.1, 0.15) is 27.6 Å². The molecule has 1 atom stereocenters. The van der Waals surface area contributed by atoms with Crippen LogP contribution in [0.3, 0.4) is 0 Å². The molecule has 4 heteroatoms. The smallest absolute Gasteiger partial charge is 0.122 e. The highest BCUT2D eigenvalue weighted by Crippen LogP contribution is 2.37. The Morgan fingerprint density at radius 1 is 0.905 bits per heavy atom. The molecule has 1 unspecified atom stereocenters.